The van der Waals surface area contributed by atoms with Crippen molar-refractivity contribution >= 4 is 16.9 Å². The van der Waals surface area contributed by atoms with E-state index < -0.39 is 0 Å². The monoisotopic (exact) mass is 297 g/mol. The summed E-state index contributed by atoms with van der Waals surface area (Å²) in [6, 6.07) is 3.90. The van der Waals surface area contributed by atoms with Crippen LogP contribution >= 0.6 is 0 Å². The number of nitrogens with two attached hydrogens (primary N) is 1. The van der Waals surface area contributed by atoms with Crippen molar-refractivity contribution in [1.82, 2.24) is 19.5 Å². The molecular formula is C16H19N5O. The molecule has 0 aliphatic rings. The third kappa shape index (κ3) is 2.78. The van der Waals surface area contributed by atoms with Gasteiger partial charge in [-0.25, -0.2) is 9.97 Å². The van der Waals surface area contributed by atoms with Gasteiger partial charge in [-0.2, -0.15) is 0 Å². The Morgan fingerprint density at radius 3 is 2.77 bits per heavy atom. The van der Waals surface area contributed by atoms with Crippen LogP contribution in [0.5, 0.6) is 0 Å². The number of nitrogen functional groups attached to an aromatic ring is 1. The first-order valence-electron chi connectivity index (χ1n) is 7.21. The normalized spacial score (nSPS) is 11.2. The van der Waals surface area contributed by atoms with Crippen LogP contribution in [0, 0.1) is 13.8 Å². The molecule has 3 aromatic rings. The number of rotatable bonds is 5. The Morgan fingerprint density at radius 2 is 2.00 bits per heavy atom. The molecule has 0 aliphatic heterocycles. The highest BCUT2D eigenvalue weighted by Crippen LogP contribution is 2.23. The van der Waals surface area contributed by atoms with Crippen LogP contribution in [0.25, 0.3) is 11.0 Å². The summed E-state index contributed by atoms with van der Waals surface area (Å²) in [5.74, 6) is 0.481. The van der Waals surface area contributed by atoms with Gasteiger partial charge in [0.05, 0.1) is 25.1 Å². The summed E-state index contributed by atoms with van der Waals surface area (Å²) in [6.45, 7) is 5.92. The summed E-state index contributed by atoms with van der Waals surface area (Å²) in [5, 5.41) is 0. The van der Waals surface area contributed by atoms with Crippen LogP contribution in [0.2, 0.25) is 0 Å². The van der Waals surface area contributed by atoms with Gasteiger partial charge in [0, 0.05) is 24.6 Å². The van der Waals surface area contributed by atoms with Gasteiger partial charge in [-0.1, -0.05) is 0 Å². The van der Waals surface area contributed by atoms with E-state index in [2.05, 4.69) is 19.5 Å². The third-order valence-corrected chi connectivity index (χ3v) is 3.76. The lowest BCUT2D eigenvalue weighted by molar-refractivity contribution is 0.114. The molecular weight excluding hydrogens is 278 g/mol. The minimum atomic E-state index is 0.481. The summed E-state index contributed by atoms with van der Waals surface area (Å²) in [6.07, 6.45) is 5.33. The molecule has 6 nitrogen and oxygen atoms in total. The van der Waals surface area contributed by atoms with Gasteiger partial charge in [-0.15, -0.1) is 0 Å². The second-order valence-electron chi connectivity index (χ2n) is 5.25. The smallest absolute Gasteiger partial charge is 0.151 e. The van der Waals surface area contributed by atoms with Crippen molar-refractivity contribution < 1.29 is 4.74 Å². The molecule has 0 fully saturated rings. The number of pyridine rings is 2. The molecule has 0 aliphatic carbocycles. The molecule has 0 radical (unpaired) electrons. The van der Waals surface area contributed by atoms with Crippen molar-refractivity contribution in [3.8, 4) is 0 Å². The predicted molar refractivity (Wildman–Crippen MR) is 85.3 cm³/mol. The first-order chi connectivity index (χ1) is 10.7. The molecule has 6 heteroatoms. The molecule has 0 amide bonds. The van der Waals surface area contributed by atoms with Gasteiger partial charge in [0.15, 0.2) is 5.82 Å². The van der Waals surface area contributed by atoms with Gasteiger partial charge in [-0.05, 0) is 37.1 Å². The molecule has 0 aromatic carbocycles. The summed E-state index contributed by atoms with van der Waals surface area (Å²) in [5.41, 5.74) is 10.9. The molecule has 3 rings (SSSR count). The molecule has 0 bridgehead atoms. The van der Waals surface area contributed by atoms with E-state index in [1.807, 2.05) is 26.0 Å². The fourth-order valence-electron chi connectivity index (χ4n) is 2.45. The Kier molecular flexibility index (Phi) is 4.02. The SMILES string of the molecule is Cc1nc(N)c2ncn(CCOCc3ccncc3)c2c1C. The minimum absolute atomic E-state index is 0.481. The highest BCUT2D eigenvalue weighted by Gasteiger charge is 2.12. The number of fused-ring (bicyclic) bond motifs is 1. The van der Waals surface area contributed by atoms with Crippen molar-refractivity contribution in [2.75, 3.05) is 12.3 Å². The lowest BCUT2D eigenvalue weighted by Gasteiger charge is -2.09. The van der Waals surface area contributed by atoms with Crippen molar-refractivity contribution in [3.05, 3.63) is 47.7 Å². The van der Waals surface area contributed by atoms with E-state index in [1.54, 1.807) is 18.7 Å². The zero-order chi connectivity index (χ0) is 15.5. The predicted octanol–water partition coefficient (Wildman–Crippen LogP) is 2.24. The van der Waals surface area contributed by atoms with Crippen LogP contribution < -0.4 is 5.73 Å². The highest BCUT2D eigenvalue weighted by molar-refractivity contribution is 5.88. The van der Waals surface area contributed by atoms with Gasteiger partial charge in [0.2, 0.25) is 0 Å². The number of nitrogens with zero attached hydrogens (tertiary/aromatic N) is 4. The zero-order valence-electron chi connectivity index (χ0n) is 12.8. The first kappa shape index (κ1) is 14.5. The molecule has 0 unspecified atom stereocenters. The fourth-order valence-corrected chi connectivity index (χ4v) is 2.45. The minimum Gasteiger partial charge on any atom is -0.382 e. The van der Waals surface area contributed by atoms with E-state index in [-0.39, 0.29) is 0 Å². The third-order valence-electron chi connectivity index (χ3n) is 3.76. The Morgan fingerprint density at radius 1 is 1.23 bits per heavy atom. The highest BCUT2D eigenvalue weighted by atomic mass is 16.5. The van der Waals surface area contributed by atoms with Crippen LogP contribution in [0.1, 0.15) is 16.8 Å². The second kappa shape index (κ2) is 6.11. The van der Waals surface area contributed by atoms with Crippen molar-refractivity contribution in [2.24, 2.45) is 0 Å². The molecule has 0 saturated heterocycles. The van der Waals surface area contributed by atoms with Gasteiger partial charge in [0.1, 0.15) is 5.52 Å². The average molecular weight is 297 g/mol. The number of aromatic nitrogens is 4. The topological polar surface area (TPSA) is 78.8 Å². The van der Waals surface area contributed by atoms with Gasteiger partial charge in [0.25, 0.3) is 0 Å². The van der Waals surface area contributed by atoms with Crippen LogP contribution in [-0.4, -0.2) is 26.1 Å². The number of aryl methyl sites for hydroxylation is 2. The molecule has 0 saturated carbocycles. The second-order valence-corrected chi connectivity index (χ2v) is 5.25. The Hall–Kier alpha value is -2.47. The summed E-state index contributed by atoms with van der Waals surface area (Å²) in [7, 11) is 0. The standard InChI is InChI=1S/C16H19N5O/c1-11-12(2)20-16(17)14-15(11)21(10-19-14)7-8-22-9-13-3-5-18-6-4-13/h3-6,10H,7-9H2,1-2H3,(H2,17,20). The van der Waals surface area contributed by atoms with E-state index in [0.717, 1.165) is 34.4 Å². The van der Waals surface area contributed by atoms with Crippen LogP contribution in [0.3, 0.4) is 0 Å². The van der Waals surface area contributed by atoms with E-state index in [4.69, 9.17) is 10.5 Å². The Labute approximate surface area is 129 Å². The maximum atomic E-state index is 5.95. The van der Waals surface area contributed by atoms with Crippen molar-refractivity contribution in [3.63, 3.8) is 0 Å². The quantitative estimate of drug-likeness (QED) is 0.731. The maximum absolute atomic E-state index is 5.95. The average Bonchev–Trinajstić information content (AvgIpc) is 2.95. The maximum Gasteiger partial charge on any atom is 0.151 e. The number of hydrogen-bond acceptors (Lipinski definition) is 5. The number of hydrogen-bond donors (Lipinski definition) is 1. The molecule has 2 N–H and O–H groups in total. The number of anilines is 1. The van der Waals surface area contributed by atoms with Crippen LogP contribution in [0.4, 0.5) is 5.82 Å². The van der Waals surface area contributed by atoms with Gasteiger partial charge in [-0.3, -0.25) is 4.98 Å². The molecule has 0 spiro atoms. The number of imidazole rings is 1. The summed E-state index contributed by atoms with van der Waals surface area (Å²) < 4.78 is 7.79. The van der Waals surface area contributed by atoms with Crippen molar-refractivity contribution in [1.29, 1.82) is 0 Å². The largest absolute Gasteiger partial charge is 0.382 e. The first-order valence-corrected chi connectivity index (χ1v) is 7.21. The summed E-state index contributed by atoms with van der Waals surface area (Å²) in [4.78, 5) is 12.7. The van der Waals surface area contributed by atoms with Gasteiger partial charge < -0.3 is 15.0 Å². The van der Waals surface area contributed by atoms with E-state index >= 15 is 0 Å². The van der Waals surface area contributed by atoms with E-state index in [0.29, 0.717) is 19.0 Å². The lowest BCUT2D eigenvalue weighted by Crippen LogP contribution is -2.07. The number of ether oxygens (including phenoxy) is 1. The van der Waals surface area contributed by atoms with Crippen LogP contribution in [-0.2, 0) is 17.9 Å². The van der Waals surface area contributed by atoms with E-state index in [9.17, 15) is 0 Å². The lowest BCUT2D eigenvalue weighted by atomic mass is 10.2. The molecule has 114 valence electrons. The van der Waals surface area contributed by atoms with Crippen LogP contribution in [0.15, 0.2) is 30.9 Å². The zero-order valence-corrected chi connectivity index (χ0v) is 12.8. The Bertz CT molecular complexity index is 782. The molecule has 3 aromatic heterocycles. The molecule has 3 heterocycles. The van der Waals surface area contributed by atoms with E-state index in [1.165, 1.54) is 0 Å². The molecule has 0 atom stereocenters. The molecule has 22 heavy (non-hydrogen) atoms. The fraction of sp³-hybridized carbons (Fsp3) is 0.312. The van der Waals surface area contributed by atoms with Gasteiger partial charge >= 0.3 is 0 Å². The Balaban J connectivity index is 1.70. The summed E-state index contributed by atoms with van der Waals surface area (Å²) >= 11 is 0. The van der Waals surface area contributed by atoms with Crippen molar-refractivity contribution in [2.45, 2.75) is 27.0 Å².